The zero-order valence-electron chi connectivity index (χ0n) is 16.2. The summed E-state index contributed by atoms with van der Waals surface area (Å²) in [7, 11) is 0. The van der Waals surface area contributed by atoms with Crippen LogP contribution in [-0.2, 0) is 5.54 Å². The zero-order valence-corrected chi connectivity index (χ0v) is 16.2. The molecular formula is C25H26N2O. The fourth-order valence-electron chi connectivity index (χ4n) is 4.35. The topological polar surface area (TPSA) is 35.5 Å². The van der Waals surface area contributed by atoms with E-state index in [1.807, 2.05) is 0 Å². The van der Waals surface area contributed by atoms with Crippen molar-refractivity contribution in [2.24, 2.45) is 0 Å². The molecule has 0 unspecified atom stereocenters. The van der Waals surface area contributed by atoms with Crippen LogP contribution >= 0.6 is 0 Å². The molecule has 1 heterocycles. The van der Waals surface area contributed by atoms with Gasteiger partial charge in [-0.25, -0.2) is 0 Å². The second-order valence-corrected chi connectivity index (χ2v) is 7.12. The number of rotatable bonds is 6. The van der Waals surface area contributed by atoms with E-state index < -0.39 is 5.54 Å². The van der Waals surface area contributed by atoms with Gasteiger partial charge in [0.2, 0.25) is 0 Å². The quantitative estimate of drug-likeness (QED) is 0.629. The van der Waals surface area contributed by atoms with E-state index in [1.54, 1.807) is 0 Å². The number of benzene rings is 3. The van der Waals surface area contributed by atoms with Crippen LogP contribution in [0.2, 0.25) is 0 Å². The molecule has 1 aliphatic heterocycles. The van der Waals surface area contributed by atoms with Crippen LogP contribution in [0, 0.1) is 0 Å². The number of hydrogen-bond donors (Lipinski definition) is 2. The minimum atomic E-state index is -0.487. The molecule has 0 saturated carbocycles. The fraction of sp³-hybridized carbons (Fsp3) is 0.200. The summed E-state index contributed by atoms with van der Waals surface area (Å²) in [6.07, 6.45) is 0.618. The summed E-state index contributed by atoms with van der Waals surface area (Å²) in [4.78, 5) is 2.42. The van der Waals surface area contributed by atoms with Gasteiger partial charge in [0.15, 0.2) is 0 Å². The minimum Gasteiger partial charge on any atom is -0.396 e. The molecule has 0 aromatic heterocycles. The Morgan fingerprint density at radius 2 is 1.21 bits per heavy atom. The first kappa shape index (κ1) is 18.3. The standard InChI is InChI=1S/C25H26N2O/c1-20-24(17-18-28)27(19-26-20)25(21-11-5-2-6-12-21,22-13-7-3-8-14-22)23-15-9-4-10-16-23/h2-16,26,28H,17-19H2,1H3. The predicted molar refractivity (Wildman–Crippen MR) is 113 cm³/mol. The Morgan fingerprint density at radius 3 is 1.61 bits per heavy atom. The lowest BCUT2D eigenvalue weighted by Gasteiger charge is -2.45. The fourth-order valence-corrected chi connectivity index (χ4v) is 4.35. The van der Waals surface area contributed by atoms with Crippen LogP contribution in [-0.4, -0.2) is 23.3 Å². The van der Waals surface area contributed by atoms with Crippen molar-refractivity contribution in [3.8, 4) is 0 Å². The second-order valence-electron chi connectivity index (χ2n) is 7.12. The number of aliphatic hydroxyl groups is 1. The summed E-state index contributed by atoms with van der Waals surface area (Å²) in [5.41, 5.74) is 5.41. The molecular weight excluding hydrogens is 344 g/mol. The Hall–Kier alpha value is -3.04. The van der Waals surface area contributed by atoms with E-state index in [4.69, 9.17) is 0 Å². The molecule has 28 heavy (non-hydrogen) atoms. The predicted octanol–water partition coefficient (Wildman–Crippen LogP) is 4.46. The molecule has 3 heteroatoms. The molecule has 2 N–H and O–H groups in total. The monoisotopic (exact) mass is 370 g/mol. The average Bonchev–Trinajstić information content (AvgIpc) is 3.12. The average molecular weight is 370 g/mol. The molecule has 0 bridgehead atoms. The van der Waals surface area contributed by atoms with Gasteiger partial charge in [-0.15, -0.1) is 0 Å². The smallest absolute Gasteiger partial charge is 0.118 e. The largest absolute Gasteiger partial charge is 0.396 e. The highest BCUT2D eigenvalue weighted by Crippen LogP contribution is 2.45. The van der Waals surface area contributed by atoms with Gasteiger partial charge in [-0.05, 0) is 23.6 Å². The summed E-state index contributed by atoms with van der Waals surface area (Å²) < 4.78 is 0. The lowest BCUT2D eigenvalue weighted by atomic mass is 9.75. The number of aliphatic hydroxyl groups excluding tert-OH is 1. The van der Waals surface area contributed by atoms with Gasteiger partial charge in [-0.1, -0.05) is 91.0 Å². The van der Waals surface area contributed by atoms with Crippen LogP contribution in [0.4, 0.5) is 0 Å². The van der Waals surface area contributed by atoms with Gasteiger partial charge in [0.05, 0.1) is 6.67 Å². The highest BCUT2D eigenvalue weighted by molar-refractivity contribution is 5.51. The van der Waals surface area contributed by atoms with Gasteiger partial charge >= 0.3 is 0 Å². The molecule has 3 aromatic rings. The van der Waals surface area contributed by atoms with Crippen LogP contribution in [0.1, 0.15) is 30.0 Å². The molecule has 3 aromatic carbocycles. The van der Waals surface area contributed by atoms with Crippen LogP contribution in [0.3, 0.4) is 0 Å². The Kier molecular flexibility index (Phi) is 5.18. The number of nitrogens with zero attached hydrogens (tertiary/aromatic N) is 1. The summed E-state index contributed by atoms with van der Waals surface area (Å²) >= 11 is 0. The van der Waals surface area contributed by atoms with E-state index in [0.717, 1.165) is 11.4 Å². The summed E-state index contributed by atoms with van der Waals surface area (Å²) in [5, 5.41) is 13.3. The van der Waals surface area contributed by atoms with Gasteiger partial charge in [-0.3, -0.25) is 0 Å². The molecule has 142 valence electrons. The first-order valence-electron chi connectivity index (χ1n) is 9.77. The molecule has 1 aliphatic rings. The second kappa shape index (κ2) is 7.91. The Morgan fingerprint density at radius 1 is 0.786 bits per heavy atom. The maximum Gasteiger partial charge on any atom is 0.118 e. The number of allylic oxidation sites excluding steroid dienone is 1. The molecule has 0 saturated heterocycles. The van der Waals surface area contributed by atoms with E-state index >= 15 is 0 Å². The number of nitrogens with one attached hydrogen (secondary N) is 1. The van der Waals surface area contributed by atoms with Crippen molar-refractivity contribution >= 4 is 0 Å². The summed E-state index contributed by atoms with van der Waals surface area (Å²) in [6.45, 7) is 2.91. The zero-order chi connectivity index (χ0) is 19.4. The van der Waals surface area contributed by atoms with Gasteiger partial charge in [0.25, 0.3) is 0 Å². The Balaban J connectivity index is 2.05. The van der Waals surface area contributed by atoms with E-state index in [9.17, 15) is 5.11 Å². The highest BCUT2D eigenvalue weighted by atomic mass is 16.3. The minimum absolute atomic E-state index is 0.124. The van der Waals surface area contributed by atoms with E-state index in [2.05, 4.69) is 108 Å². The molecule has 4 rings (SSSR count). The van der Waals surface area contributed by atoms with E-state index in [0.29, 0.717) is 13.1 Å². The van der Waals surface area contributed by atoms with Crippen molar-refractivity contribution in [1.82, 2.24) is 10.2 Å². The normalized spacial score (nSPS) is 14.3. The molecule has 0 fully saturated rings. The van der Waals surface area contributed by atoms with Gasteiger partial charge < -0.3 is 15.3 Å². The van der Waals surface area contributed by atoms with Gasteiger partial charge in [0, 0.05) is 24.4 Å². The maximum absolute atomic E-state index is 9.75. The van der Waals surface area contributed by atoms with Crippen molar-refractivity contribution in [2.45, 2.75) is 18.9 Å². The lowest BCUT2D eigenvalue weighted by molar-refractivity contribution is 0.200. The Labute approximate surface area is 167 Å². The summed E-state index contributed by atoms with van der Waals surface area (Å²) in [6, 6.07) is 32.0. The molecule has 0 radical (unpaired) electrons. The van der Waals surface area contributed by atoms with Crippen molar-refractivity contribution in [1.29, 1.82) is 0 Å². The van der Waals surface area contributed by atoms with E-state index in [1.165, 1.54) is 16.7 Å². The van der Waals surface area contributed by atoms with Gasteiger partial charge in [0.1, 0.15) is 5.54 Å². The van der Waals surface area contributed by atoms with Crippen LogP contribution in [0.25, 0.3) is 0 Å². The van der Waals surface area contributed by atoms with Crippen LogP contribution in [0.5, 0.6) is 0 Å². The highest BCUT2D eigenvalue weighted by Gasteiger charge is 2.44. The summed E-state index contributed by atoms with van der Waals surface area (Å²) in [5.74, 6) is 0. The maximum atomic E-state index is 9.75. The lowest BCUT2D eigenvalue weighted by Crippen LogP contribution is -2.47. The van der Waals surface area contributed by atoms with Crippen molar-refractivity contribution in [3.63, 3.8) is 0 Å². The third-order valence-electron chi connectivity index (χ3n) is 5.59. The van der Waals surface area contributed by atoms with Crippen LogP contribution in [0.15, 0.2) is 102 Å². The third kappa shape index (κ3) is 2.98. The van der Waals surface area contributed by atoms with Gasteiger partial charge in [-0.2, -0.15) is 0 Å². The first-order chi connectivity index (χ1) is 13.8. The molecule has 0 amide bonds. The van der Waals surface area contributed by atoms with E-state index in [-0.39, 0.29) is 6.61 Å². The molecule has 0 spiro atoms. The number of hydrogen-bond acceptors (Lipinski definition) is 3. The van der Waals surface area contributed by atoms with Crippen molar-refractivity contribution in [3.05, 3.63) is 119 Å². The molecule has 3 nitrogen and oxygen atoms in total. The first-order valence-corrected chi connectivity index (χ1v) is 9.77. The van der Waals surface area contributed by atoms with Crippen molar-refractivity contribution in [2.75, 3.05) is 13.3 Å². The SMILES string of the molecule is CC1=C(CCO)N(C(c2ccccc2)(c2ccccc2)c2ccccc2)CN1. The molecule has 0 aliphatic carbocycles. The third-order valence-corrected chi connectivity index (χ3v) is 5.59. The molecule has 0 atom stereocenters. The Bertz CT molecular complexity index is 839. The van der Waals surface area contributed by atoms with Crippen molar-refractivity contribution < 1.29 is 5.11 Å². The van der Waals surface area contributed by atoms with Crippen LogP contribution < -0.4 is 5.32 Å².